The SMILES string of the molecule is N=c1oc2ccc(Cl)cc2cc1C(=O)N/N=C1/CCCc2ccccc21. The summed E-state index contributed by atoms with van der Waals surface area (Å²) < 4.78 is 5.42. The summed E-state index contributed by atoms with van der Waals surface area (Å²) in [5, 5.41) is 13.5. The van der Waals surface area contributed by atoms with E-state index in [9.17, 15) is 4.79 Å². The molecule has 0 fully saturated rings. The molecular formula is C20H16ClN3O2. The zero-order chi connectivity index (χ0) is 18.1. The van der Waals surface area contributed by atoms with E-state index in [1.54, 1.807) is 24.3 Å². The number of nitrogens with one attached hydrogen (secondary N) is 2. The maximum absolute atomic E-state index is 12.5. The number of hydrogen-bond acceptors (Lipinski definition) is 4. The van der Waals surface area contributed by atoms with Gasteiger partial charge in [-0.3, -0.25) is 10.2 Å². The number of carbonyl (C=O) groups is 1. The number of hydrazone groups is 1. The van der Waals surface area contributed by atoms with Gasteiger partial charge in [-0.2, -0.15) is 5.10 Å². The van der Waals surface area contributed by atoms with Gasteiger partial charge in [0.25, 0.3) is 5.91 Å². The van der Waals surface area contributed by atoms with Gasteiger partial charge in [0.15, 0.2) is 0 Å². The van der Waals surface area contributed by atoms with Crippen molar-refractivity contribution >= 4 is 34.2 Å². The van der Waals surface area contributed by atoms with Gasteiger partial charge in [0.1, 0.15) is 11.1 Å². The van der Waals surface area contributed by atoms with E-state index < -0.39 is 5.91 Å². The Labute approximate surface area is 154 Å². The zero-order valence-electron chi connectivity index (χ0n) is 13.9. The number of benzene rings is 2. The number of nitrogens with zero attached hydrogens (tertiary/aromatic N) is 1. The lowest BCUT2D eigenvalue weighted by atomic mass is 9.90. The highest BCUT2D eigenvalue weighted by molar-refractivity contribution is 6.31. The lowest BCUT2D eigenvalue weighted by Gasteiger charge is -2.17. The van der Waals surface area contributed by atoms with Crippen LogP contribution in [0.15, 0.2) is 58.0 Å². The molecule has 1 aromatic heterocycles. The summed E-state index contributed by atoms with van der Waals surface area (Å²) in [6, 6.07) is 14.7. The number of amides is 1. The van der Waals surface area contributed by atoms with E-state index in [4.69, 9.17) is 21.4 Å². The van der Waals surface area contributed by atoms with Crippen molar-refractivity contribution in [3.05, 3.63) is 75.8 Å². The standard InChI is InChI=1S/C20H16ClN3O2/c21-14-8-9-18-13(10-14)11-16(19(22)26-18)20(25)24-23-17-7-3-5-12-4-1-2-6-15(12)17/h1-2,4,6,8-11,22H,3,5,7H2,(H,24,25)/b22-19?,23-17-. The number of rotatable bonds is 2. The van der Waals surface area contributed by atoms with Crippen molar-refractivity contribution in [1.29, 1.82) is 5.41 Å². The Morgan fingerprint density at radius 1 is 1.15 bits per heavy atom. The average molecular weight is 366 g/mol. The molecule has 5 nitrogen and oxygen atoms in total. The molecule has 0 radical (unpaired) electrons. The molecule has 2 N–H and O–H groups in total. The van der Waals surface area contributed by atoms with Crippen molar-refractivity contribution in [2.45, 2.75) is 19.3 Å². The van der Waals surface area contributed by atoms with Crippen LogP contribution in [0.1, 0.15) is 34.3 Å². The third kappa shape index (κ3) is 3.13. The second-order valence-electron chi connectivity index (χ2n) is 6.18. The summed E-state index contributed by atoms with van der Waals surface area (Å²) in [5.74, 6) is -0.476. The molecule has 1 amide bonds. The molecule has 1 aliphatic carbocycles. The first-order valence-electron chi connectivity index (χ1n) is 8.35. The van der Waals surface area contributed by atoms with Gasteiger partial charge < -0.3 is 4.42 Å². The van der Waals surface area contributed by atoms with Crippen molar-refractivity contribution in [2.24, 2.45) is 5.10 Å². The Morgan fingerprint density at radius 3 is 2.88 bits per heavy atom. The Bertz CT molecular complexity index is 1100. The van der Waals surface area contributed by atoms with Gasteiger partial charge in [0, 0.05) is 16.0 Å². The van der Waals surface area contributed by atoms with Crippen LogP contribution in [0, 0.1) is 5.41 Å². The Balaban J connectivity index is 1.64. The third-order valence-electron chi connectivity index (χ3n) is 4.45. The second kappa shape index (κ2) is 6.77. The van der Waals surface area contributed by atoms with Crippen molar-refractivity contribution in [2.75, 3.05) is 0 Å². The summed E-state index contributed by atoms with van der Waals surface area (Å²) in [7, 11) is 0. The van der Waals surface area contributed by atoms with Gasteiger partial charge in [-0.1, -0.05) is 35.9 Å². The molecule has 0 atom stereocenters. The topological polar surface area (TPSA) is 78.5 Å². The van der Waals surface area contributed by atoms with E-state index in [0.29, 0.717) is 16.0 Å². The predicted molar refractivity (Wildman–Crippen MR) is 100 cm³/mol. The predicted octanol–water partition coefficient (Wildman–Crippen LogP) is 4.04. The number of halogens is 1. The van der Waals surface area contributed by atoms with Gasteiger partial charge in [-0.15, -0.1) is 0 Å². The Kier molecular flexibility index (Phi) is 4.31. The second-order valence-corrected chi connectivity index (χ2v) is 6.62. The number of hydrogen-bond donors (Lipinski definition) is 2. The van der Waals surface area contributed by atoms with Crippen LogP contribution in [0.25, 0.3) is 11.0 Å². The molecule has 26 heavy (non-hydrogen) atoms. The van der Waals surface area contributed by atoms with Crippen molar-refractivity contribution in [3.63, 3.8) is 0 Å². The van der Waals surface area contributed by atoms with Crippen LogP contribution in [0.4, 0.5) is 0 Å². The number of fused-ring (bicyclic) bond motifs is 2. The molecule has 6 heteroatoms. The summed E-state index contributed by atoms with van der Waals surface area (Å²) in [4.78, 5) is 12.5. The molecule has 130 valence electrons. The van der Waals surface area contributed by atoms with Crippen LogP contribution in [0.5, 0.6) is 0 Å². The van der Waals surface area contributed by atoms with Crippen LogP contribution in [-0.4, -0.2) is 11.6 Å². The fourth-order valence-corrected chi connectivity index (χ4v) is 3.36. The summed E-state index contributed by atoms with van der Waals surface area (Å²) in [6.07, 6.45) is 2.83. The first-order valence-corrected chi connectivity index (χ1v) is 8.73. The van der Waals surface area contributed by atoms with Gasteiger partial charge in [0.05, 0.1) is 5.71 Å². The van der Waals surface area contributed by atoms with Crippen LogP contribution < -0.4 is 11.0 Å². The summed E-state index contributed by atoms with van der Waals surface area (Å²) in [6.45, 7) is 0. The minimum absolute atomic E-state index is 0.119. The molecule has 1 heterocycles. The van der Waals surface area contributed by atoms with Crippen LogP contribution in [-0.2, 0) is 6.42 Å². The van der Waals surface area contributed by atoms with E-state index in [1.165, 1.54) is 5.56 Å². The summed E-state index contributed by atoms with van der Waals surface area (Å²) >= 11 is 5.99. The number of carbonyl (C=O) groups excluding carboxylic acids is 1. The lowest BCUT2D eigenvalue weighted by molar-refractivity contribution is 0.0950. The maximum atomic E-state index is 12.5. The molecule has 0 unspecified atom stereocenters. The van der Waals surface area contributed by atoms with Crippen molar-refractivity contribution < 1.29 is 9.21 Å². The minimum atomic E-state index is -0.476. The van der Waals surface area contributed by atoms with Crippen molar-refractivity contribution in [3.8, 4) is 0 Å². The normalized spacial score (nSPS) is 15.0. The molecule has 1 aliphatic rings. The number of aryl methyl sites for hydroxylation is 1. The van der Waals surface area contributed by atoms with E-state index in [-0.39, 0.29) is 11.1 Å². The molecular weight excluding hydrogens is 350 g/mol. The zero-order valence-corrected chi connectivity index (χ0v) is 14.6. The first-order chi connectivity index (χ1) is 12.6. The van der Waals surface area contributed by atoms with Crippen molar-refractivity contribution in [1.82, 2.24) is 5.43 Å². The fourth-order valence-electron chi connectivity index (χ4n) is 3.18. The van der Waals surface area contributed by atoms with E-state index in [0.717, 1.165) is 30.5 Å². The molecule has 3 aromatic rings. The largest absolute Gasteiger partial charge is 0.438 e. The third-order valence-corrected chi connectivity index (χ3v) is 4.69. The molecule has 0 bridgehead atoms. The van der Waals surface area contributed by atoms with E-state index in [1.807, 2.05) is 18.2 Å². The molecule has 0 aliphatic heterocycles. The Morgan fingerprint density at radius 2 is 2.00 bits per heavy atom. The fraction of sp³-hybridized carbons (Fsp3) is 0.150. The molecule has 0 spiro atoms. The molecule has 2 aromatic carbocycles. The van der Waals surface area contributed by atoms with E-state index in [2.05, 4.69) is 16.6 Å². The minimum Gasteiger partial charge on any atom is -0.438 e. The van der Waals surface area contributed by atoms with Crippen LogP contribution in [0.3, 0.4) is 0 Å². The monoisotopic (exact) mass is 365 g/mol. The first kappa shape index (κ1) is 16.5. The smallest absolute Gasteiger partial charge is 0.276 e. The molecule has 0 saturated heterocycles. The van der Waals surface area contributed by atoms with E-state index >= 15 is 0 Å². The highest BCUT2D eigenvalue weighted by atomic mass is 35.5. The Hall–Kier alpha value is -2.92. The molecule has 4 rings (SSSR count). The van der Waals surface area contributed by atoms with Gasteiger partial charge >= 0.3 is 0 Å². The lowest BCUT2D eigenvalue weighted by Crippen LogP contribution is -2.26. The highest BCUT2D eigenvalue weighted by Gasteiger charge is 2.16. The quantitative estimate of drug-likeness (QED) is 0.672. The van der Waals surface area contributed by atoms with Crippen LogP contribution >= 0.6 is 11.6 Å². The average Bonchev–Trinajstić information content (AvgIpc) is 2.66. The van der Waals surface area contributed by atoms with Gasteiger partial charge in [-0.25, -0.2) is 5.43 Å². The van der Waals surface area contributed by atoms with Gasteiger partial charge in [0.2, 0.25) is 5.55 Å². The maximum Gasteiger partial charge on any atom is 0.276 e. The highest BCUT2D eigenvalue weighted by Crippen LogP contribution is 2.21. The van der Waals surface area contributed by atoms with Crippen LogP contribution in [0.2, 0.25) is 5.02 Å². The summed E-state index contributed by atoms with van der Waals surface area (Å²) in [5.41, 5.74) is 6.14. The van der Waals surface area contributed by atoms with Gasteiger partial charge in [-0.05, 0) is 49.1 Å². The molecule has 0 saturated carbocycles.